The number of carbonyl (C=O) groups is 1. The summed E-state index contributed by atoms with van der Waals surface area (Å²) in [6, 6.07) is 8.02. The molecule has 0 saturated heterocycles. The molecule has 4 heteroatoms. The van der Waals surface area contributed by atoms with Gasteiger partial charge in [0.25, 0.3) is 0 Å². The Kier molecular flexibility index (Phi) is 4.66. The fraction of sp³-hybridized carbons (Fsp3) is 0.438. The zero-order chi connectivity index (χ0) is 14.5. The molecule has 0 radical (unpaired) electrons. The Labute approximate surface area is 119 Å². The van der Waals surface area contributed by atoms with Crippen molar-refractivity contribution < 1.29 is 9.53 Å². The first-order valence-electron chi connectivity index (χ1n) is 7.11. The van der Waals surface area contributed by atoms with Crippen LogP contribution in [-0.2, 0) is 11.3 Å². The van der Waals surface area contributed by atoms with Crippen molar-refractivity contribution in [2.24, 2.45) is 0 Å². The van der Waals surface area contributed by atoms with E-state index in [1.165, 1.54) is 0 Å². The maximum Gasteiger partial charge on any atom is 0.242 e. The van der Waals surface area contributed by atoms with E-state index in [2.05, 4.69) is 6.92 Å². The van der Waals surface area contributed by atoms with Gasteiger partial charge in [0.2, 0.25) is 5.91 Å². The lowest BCUT2D eigenvalue weighted by Gasteiger charge is -2.15. The van der Waals surface area contributed by atoms with Crippen LogP contribution in [0.1, 0.15) is 20.3 Å². The van der Waals surface area contributed by atoms with Gasteiger partial charge in [-0.3, -0.25) is 4.79 Å². The Morgan fingerprint density at radius 2 is 2.10 bits per heavy atom. The van der Waals surface area contributed by atoms with Crippen molar-refractivity contribution in [3.8, 4) is 5.75 Å². The average Bonchev–Trinajstić information content (AvgIpc) is 2.86. The van der Waals surface area contributed by atoms with Crippen LogP contribution in [0.2, 0.25) is 0 Å². The number of hydrogen-bond donors (Lipinski definition) is 0. The quantitative estimate of drug-likeness (QED) is 0.811. The van der Waals surface area contributed by atoms with Crippen molar-refractivity contribution in [2.45, 2.75) is 26.8 Å². The first kappa shape index (κ1) is 14.4. The second kappa shape index (κ2) is 6.46. The number of hydrogen-bond acceptors (Lipinski definition) is 2. The number of nitrogens with zero attached hydrogens (tertiary/aromatic N) is 2. The Bertz CT molecular complexity index is 589. The highest BCUT2D eigenvalue weighted by Gasteiger charge is 2.10. The summed E-state index contributed by atoms with van der Waals surface area (Å²) in [7, 11) is 1.82. The molecule has 0 unspecified atom stereocenters. The van der Waals surface area contributed by atoms with Crippen LogP contribution in [-0.4, -0.2) is 35.6 Å². The number of likely N-dealkylation sites (N-methyl/N-ethyl adjacent to an activating group) is 1. The van der Waals surface area contributed by atoms with E-state index in [-0.39, 0.29) is 5.91 Å². The van der Waals surface area contributed by atoms with Crippen LogP contribution in [0.5, 0.6) is 5.75 Å². The fourth-order valence-corrected chi connectivity index (χ4v) is 2.07. The summed E-state index contributed by atoms with van der Waals surface area (Å²) in [5, 5.41) is 1.10. The van der Waals surface area contributed by atoms with Crippen molar-refractivity contribution in [1.29, 1.82) is 0 Å². The fourth-order valence-electron chi connectivity index (χ4n) is 2.07. The molecule has 4 nitrogen and oxygen atoms in total. The molecule has 0 aliphatic rings. The van der Waals surface area contributed by atoms with E-state index in [1.807, 2.05) is 49.0 Å². The molecule has 0 aliphatic heterocycles. The van der Waals surface area contributed by atoms with Crippen LogP contribution in [0, 0.1) is 0 Å². The number of carbonyl (C=O) groups excluding carboxylic acids is 1. The normalized spacial score (nSPS) is 10.8. The van der Waals surface area contributed by atoms with Crippen LogP contribution in [0.4, 0.5) is 0 Å². The highest BCUT2D eigenvalue weighted by molar-refractivity contribution is 5.84. The number of fused-ring (bicyclic) bond motifs is 1. The number of amides is 1. The molecular formula is C16H22N2O2. The predicted octanol–water partition coefficient (Wildman–Crippen LogP) is 2.91. The molecule has 0 fully saturated rings. The molecule has 0 spiro atoms. The van der Waals surface area contributed by atoms with Gasteiger partial charge in [0, 0.05) is 30.7 Å². The minimum absolute atomic E-state index is 0.122. The monoisotopic (exact) mass is 274 g/mol. The van der Waals surface area contributed by atoms with Crippen molar-refractivity contribution in [1.82, 2.24) is 9.47 Å². The van der Waals surface area contributed by atoms with Gasteiger partial charge in [0.1, 0.15) is 12.3 Å². The Morgan fingerprint density at radius 3 is 2.80 bits per heavy atom. The largest absolute Gasteiger partial charge is 0.494 e. The van der Waals surface area contributed by atoms with E-state index in [0.717, 1.165) is 36.2 Å². The smallest absolute Gasteiger partial charge is 0.242 e. The van der Waals surface area contributed by atoms with Crippen LogP contribution in [0.3, 0.4) is 0 Å². The molecule has 2 aromatic rings. The molecule has 1 aromatic heterocycles. The van der Waals surface area contributed by atoms with E-state index < -0.39 is 0 Å². The Morgan fingerprint density at radius 1 is 1.30 bits per heavy atom. The molecule has 0 N–H and O–H groups in total. The van der Waals surface area contributed by atoms with Gasteiger partial charge in [-0.05, 0) is 37.6 Å². The summed E-state index contributed by atoms with van der Waals surface area (Å²) in [4.78, 5) is 13.7. The maximum atomic E-state index is 12.0. The summed E-state index contributed by atoms with van der Waals surface area (Å²) in [6.45, 7) is 5.90. The second-order valence-corrected chi connectivity index (χ2v) is 4.92. The molecule has 0 saturated carbocycles. The second-order valence-electron chi connectivity index (χ2n) is 4.92. The molecule has 0 bridgehead atoms. The van der Waals surface area contributed by atoms with Gasteiger partial charge in [0.05, 0.1) is 6.61 Å². The van der Waals surface area contributed by atoms with E-state index in [4.69, 9.17) is 4.74 Å². The topological polar surface area (TPSA) is 34.5 Å². The first-order chi connectivity index (χ1) is 9.65. The first-order valence-corrected chi connectivity index (χ1v) is 7.11. The van der Waals surface area contributed by atoms with E-state index >= 15 is 0 Å². The summed E-state index contributed by atoms with van der Waals surface area (Å²) < 4.78 is 7.60. The predicted molar refractivity (Wildman–Crippen MR) is 81.0 cm³/mol. The number of rotatable bonds is 6. The molecule has 2 rings (SSSR count). The van der Waals surface area contributed by atoms with Crippen LogP contribution >= 0.6 is 0 Å². The van der Waals surface area contributed by atoms with Crippen molar-refractivity contribution in [3.63, 3.8) is 0 Å². The zero-order valence-corrected chi connectivity index (χ0v) is 12.4. The third kappa shape index (κ3) is 3.13. The van der Waals surface area contributed by atoms with Crippen molar-refractivity contribution in [3.05, 3.63) is 30.5 Å². The number of benzene rings is 1. The average molecular weight is 274 g/mol. The molecule has 1 amide bonds. The van der Waals surface area contributed by atoms with E-state index in [9.17, 15) is 4.79 Å². The van der Waals surface area contributed by atoms with Crippen LogP contribution in [0.25, 0.3) is 10.9 Å². The number of ether oxygens (including phenoxy) is 1. The van der Waals surface area contributed by atoms with Gasteiger partial charge in [-0.2, -0.15) is 0 Å². The zero-order valence-electron chi connectivity index (χ0n) is 12.4. The lowest BCUT2D eigenvalue weighted by Crippen LogP contribution is -2.29. The Balaban J connectivity index is 2.18. The van der Waals surface area contributed by atoms with Crippen molar-refractivity contribution >= 4 is 16.8 Å². The highest BCUT2D eigenvalue weighted by Crippen LogP contribution is 2.22. The van der Waals surface area contributed by atoms with Gasteiger partial charge < -0.3 is 14.2 Å². The molecular weight excluding hydrogens is 252 g/mol. The van der Waals surface area contributed by atoms with Crippen LogP contribution in [0.15, 0.2) is 30.5 Å². The number of aromatic nitrogens is 1. The summed E-state index contributed by atoms with van der Waals surface area (Å²) >= 11 is 0. The van der Waals surface area contributed by atoms with E-state index in [1.54, 1.807) is 4.90 Å². The maximum absolute atomic E-state index is 12.0. The highest BCUT2D eigenvalue weighted by atomic mass is 16.5. The molecule has 1 heterocycles. The molecule has 108 valence electrons. The minimum Gasteiger partial charge on any atom is -0.494 e. The Hall–Kier alpha value is -1.97. The van der Waals surface area contributed by atoms with Gasteiger partial charge >= 0.3 is 0 Å². The molecule has 0 atom stereocenters. The lowest BCUT2D eigenvalue weighted by atomic mass is 10.2. The standard InChI is InChI=1S/C16H22N2O2/c1-4-10-20-14-6-7-15-13(11-14)8-9-18(15)12-16(19)17(3)5-2/h6-9,11H,4-5,10,12H2,1-3H3. The minimum atomic E-state index is 0.122. The van der Waals surface area contributed by atoms with Gasteiger partial charge in [-0.1, -0.05) is 6.92 Å². The van der Waals surface area contributed by atoms with E-state index in [0.29, 0.717) is 6.54 Å². The third-order valence-electron chi connectivity index (χ3n) is 3.42. The lowest BCUT2D eigenvalue weighted by molar-refractivity contribution is -0.130. The summed E-state index contributed by atoms with van der Waals surface area (Å²) in [5.41, 5.74) is 1.06. The molecule has 1 aromatic carbocycles. The molecule has 20 heavy (non-hydrogen) atoms. The summed E-state index contributed by atoms with van der Waals surface area (Å²) in [5.74, 6) is 1.01. The third-order valence-corrected chi connectivity index (χ3v) is 3.42. The SMILES string of the molecule is CCCOc1ccc2c(ccn2CC(=O)N(C)CC)c1. The van der Waals surface area contributed by atoms with Gasteiger partial charge in [-0.15, -0.1) is 0 Å². The van der Waals surface area contributed by atoms with Gasteiger partial charge in [-0.25, -0.2) is 0 Å². The van der Waals surface area contributed by atoms with Crippen molar-refractivity contribution in [2.75, 3.05) is 20.2 Å². The molecule has 0 aliphatic carbocycles. The van der Waals surface area contributed by atoms with Crippen LogP contribution < -0.4 is 4.74 Å². The van der Waals surface area contributed by atoms with Gasteiger partial charge in [0.15, 0.2) is 0 Å². The summed E-state index contributed by atoms with van der Waals surface area (Å²) in [6.07, 6.45) is 2.95.